The Morgan fingerprint density at radius 3 is 1.85 bits per heavy atom. The van der Waals surface area contributed by atoms with Crippen LogP contribution in [0.2, 0.25) is 0 Å². The zero-order valence-electron chi connectivity index (χ0n) is 8.20. The van der Waals surface area contributed by atoms with Crippen molar-refractivity contribution in [1.82, 2.24) is 0 Å². The third-order valence-corrected chi connectivity index (χ3v) is 1.67. The molecule has 1 atom stereocenters. The maximum atomic E-state index is 11.2. The van der Waals surface area contributed by atoms with Gasteiger partial charge < -0.3 is 14.2 Å². The molecule has 76 valence electrons. The van der Waals surface area contributed by atoms with Gasteiger partial charge in [-0.3, -0.25) is 4.79 Å². The minimum Gasteiger partial charge on any atom is -0.463 e. The molecule has 0 aromatic carbocycles. The van der Waals surface area contributed by atoms with E-state index in [0.29, 0.717) is 0 Å². The lowest BCUT2D eigenvalue weighted by Crippen LogP contribution is -2.34. The van der Waals surface area contributed by atoms with Gasteiger partial charge in [0.1, 0.15) is 0 Å². The zero-order chi connectivity index (χ0) is 10.4. The Labute approximate surface area is 77.0 Å². The molecule has 0 saturated carbocycles. The highest BCUT2D eigenvalue weighted by Crippen LogP contribution is 2.09. The van der Waals surface area contributed by atoms with Gasteiger partial charge in [0.25, 0.3) is 0 Å². The van der Waals surface area contributed by atoms with Gasteiger partial charge in [0.15, 0.2) is 6.29 Å². The number of hydrogen-bond acceptors (Lipinski definition) is 5. The summed E-state index contributed by atoms with van der Waals surface area (Å²) >= 11 is 0. The number of ether oxygens (including phenoxy) is 3. The lowest BCUT2D eigenvalue weighted by Gasteiger charge is -2.18. The minimum absolute atomic E-state index is 0.656. The zero-order valence-corrected chi connectivity index (χ0v) is 8.20. The summed E-state index contributed by atoms with van der Waals surface area (Å²) in [5, 5.41) is 0. The first-order chi connectivity index (χ1) is 6.08. The Morgan fingerprint density at radius 1 is 1.08 bits per heavy atom. The van der Waals surface area contributed by atoms with Crippen molar-refractivity contribution in [3.8, 4) is 0 Å². The van der Waals surface area contributed by atoms with E-state index in [0.717, 1.165) is 7.11 Å². The van der Waals surface area contributed by atoms with Gasteiger partial charge in [-0.15, -0.1) is 0 Å². The van der Waals surface area contributed by atoms with Crippen LogP contribution in [0, 0.1) is 5.92 Å². The standard InChI is InChI=1S/C8H14O5/c1-5(8(12-3)13-4)6(9)7(10)11-2/h5,8H,1-4H3. The molecule has 0 aromatic heterocycles. The normalized spacial score (nSPS) is 12.7. The Bertz CT molecular complexity index is 185. The number of carbonyl (C=O) groups excluding carboxylic acids is 2. The summed E-state index contributed by atoms with van der Waals surface area (Å²) in [5.74, 6) is -2.20. The number of hydrogen-bond donors (Lipinski definition) is 0. The molecule has 0 radical (unpaired) electrons. The van der Waals surface area contributed by atoms with Crippen LogP contribution in [-0.2, 0) is 23.8 Å². The number of ketones is 1. The van der Waals surface area contributed by atoms with E-state index in [2.05, 4.69) is 4.74 Å². The van der Waals surface area contributed by atoms with Crippen LogP contribution < -0.4 is 0 Å². The summed E-state index contributed by atoms with van der Waals surface area (Å²) in [5.41, 5.74) is 0. The van der Waals surface area contributed by atoms with Crippen LogP contribution in [-0.4, -0.2) is 39.4 Å². The van der Waals surface area contributed by atoms with Crippen molar-refractivity contribution in [3.05, 3.63) is 0 Å². The molecule has 5 heteroatoms. The van der Waals surface area contributed by atoms with E-state index in [9.17, 15) is 9.59 Å². The highest BCUT2D eigenvalue weighted by atomic mass is 16.7. The Hall–Kier alpha value is -0.940. The van der Waals surface area contributed by atoms with Crippen LogP contribution in [0.25, 0.3) is 0 Å². The van der Waals surface area contributed by atoms with E-state index in [4.69, 9.17) is 9.47 Å². The second-order valence-corrected chi connectivity index (χ2v) is 2.48. The summed E-state index contributed by atoms with van der Waals surface area (Å²) in [6.45, 7) is 1.54. The van der Waals surface area contributed by atoms with E-state index in [-0.39, 0.29) is 0 Å². The predicted octanol–water partition coefficient (Wildman–Crippen LogP) is -0.0165. The summed E-state index contributed by atoms with van der Waals surface area (Å²) in [6, 6.07) is 0. The highest BCUT2D eigenvalue weighted by Gasteiger charge is 2.29. The van der Waals surface area contributed by atoms with Gasteiger partial charge >= 0.3 is 5.97 Å². The molecule has 0 aliphatic heterocycles. The van der Waals surface area contributed by atoms with Gasteiger partial charge in [-0.2, -0.15) is 0 Å². The Balaban J connectivity index is 4.31. The average molecular weight is 190 g/mol. The van der Waals surface area contributed by atoms with E-state index in [1.807, 2.05) is 0 Å². The number of methoxy groups -OCH3 is 3. The smallest absolute Gasteiger partial charge is 0.374 e. The first-order valence-electron chi connectivity index (χ1n) is 3.76. The molecule has 0 amide bonds. The summed E-state index contributed by atoms with van der Waals surface area (Å²) < 4.78 is 13.9. The van der Waals surface area contributed by atoms with Crippen molar-refractivity contribution >= 4 is 11.8 Å². The SMILES string of the molecule is COC(=O)C(=O)C(C)C(OC)OC. The van der Waals surface area contributed by atoms with Crippen molar-refractivity contribution in [2.45, 2.75) is 13.2 Å². The van der Waals surface area contributed by atoms with Gasteiger partial charge in [0.2, 0.25) is 5.78 Å². The number of esters is 1. The first kappa shape index (κ1) is 12.1. The fourth-order valence-electron chi connectivity index (χ4n) is 0.915. The fraction of sp³-hybridized carbons (Fsp3) is 0.750. The van der Waals surface area contributed by atoms with E-state index in [1.165, 1.54) is 21.1 Å². The third-order valence-electron chi connectivity index (χ3n) is 1.67. The van der Waals surface area contributed by atoms with Crippen molar-refractivity contribution in [2.75, 3.05) is 21.3 Å². The third kappa shape index (κ3) is 3.12. The quantitative estimate of drug-likeness (QED) is 0.346. The predicted molar refractivity (Wildman–Crippen MR) is 44.0 cm³/mol. The lowest BCUT2D eigenvalue weighted by atomic mass is 10.1. The summed E-state index contributed by atoms with van der Waals surface area (Å²) in [6.07, 6.45) is -0.716. The molecule has 0 N–H and O–H groups in total. The molecule has 0 aliphatic carbocycles. The topological polar surface area (TPSA) is 61.8 Å². The average Bonchev–Trinajstić information content (AvgIpc) is 2.17. The van der Waals surface area contributed by atoms with E-state index < -0.39 is 24.0 Å². The van der Waals surface area contributed by atoms with Gasteiger partial charge in [0, 0.05) is 14.2 Å². The molecule has 0 rings (SSSR count). The second-order valence-electron chi connectivity index (χ2n) is 2.48. The summed E-state index contributed by atoms with van der Waals surface area (Å²) in [7, 11) is 3.95. The van der Waals surface area contributed by atoms with Crippen LogP contribution in [0.4, 0.5) is 0 Å². The largest absolute Gasteiger partial charge is 0.463 e. The molecule has 0 aliphatic rings. The Kier molecular flexibility index (Phi) is 5.25. The molecule has 0 aromatic rings. The van der Waals surface area contributed by atoms with Gasteiger partial charge in [-0.25, -0.2) is 4.79 Å². The molecule has 5 nitrogen and oxygen atoms in total. The first-order valence-corrected chi connectivity index (χ1v) is 3.76. The molecule has 0 saturated heterocycles. The maximum absolute atomic E-state index is 11.2. The van der Waals surface area contributed by atoms with Gasteiger partial charge in [-0.05, 0) is 6.92 Å². The van der Waals surface area contributed by atoms with Crippen molar-refractivity contribution in [1.29, 1.82) is 0 Å². The second kappa shape index (κ2) is 5.66. The van der Waals surface area contributed by atoms with E-state index in [1.54, 1.807) is 0 Å². The Morgan fingerprint density at radius 2 is 1.54 bits per heavy atom. The lowest BCUT2D eigenvalue weighted by molar-refractivity contribution is -0.167. The monoisotopic (exact) mass is 190 g/mol. The number of rotatable bonds is 5. The molecular weight excluding hydrogens is 176 g/mol. The van der Waals surface area contributed by atoms with Crippen molar-refractivity contribution in [2.24, 2.45) is 5.92 Å². The van der Waals surface area contributed by atoms with Crippen molar-refractivity contribution < 1.29 is 23.8 Å². The molecule has 0 heterocycles. The maximum Gasteiger partial charge on any atom is 0.374 e. The molecule has 0 fully saturated rings. The number of Topliss-reactive ketones (excluding diaryl/α,β-unsaturated/α-hetero) is 1. The van der Waals surface area contributed by atoms with Gasteiger partial charge in [0.05, 0.1) is 13.0 Å². The summed E-state index contributed by atoms with van der Waals surface area (Å²) in [4.78, 5) is 22.0. The molecule has 0 spiro atoms. The minimum atomic E-state index is -0.883. The fourth-order valence-corrected chi connectivity index (χ4v) is 0.915. The molecule has 0 bridgehead atoms. The van der Waals surface area contributed by atoms with Crippen LogP contribution in [0.5, 0.6) is 0 Å². The van der Waals surface area contributed by atoms with Crippen LogP contribution in [0.1, 0.15) is 6.92 Å². The number of carbonyl (C=O) groups is 2. The van der Waals surface area contributed by atoms with Crippen LogP contribution in [0.15, 0.2) is 0 Å². The highest BCUT2D eigenvalue weighted by molar-refractivity contribution is 6.34. The van der Waals surface area contributed by atoms with Crippen LogP contribution in [0.3, 0.4) is 0 Å². The molecule has 13 heavy (non-hydrogen) atoms. The van der Waals surface area contributed by atoms with Crippen molar-refractivity contribution in [3.63, 3.8) is 0 Å². The molecule has 1 unspecified atom stereocenters. The van der Waals surface area contributed by atoms with Crippen LogP contribution >= 0.6 is 0 Å². The van der Waals surface area contributed by atoms with Gasteiger partial charge in [-0.1, -0.05) is 0 Å². The van der Waals surface area contributed by atoms with E-state index >= 15 is 0 Å². The molecular formula is C8H14O5.